The molecule has 0 saturated carbocycles. The average Bonchev–Trinajstić information content (AvgIpc) is 3.45. The van der Waals surface area contributed by atoms with Gasteiger partial charge in [0.2, 0.25) is 5.91 Å². The van der Waals surface area contributed by atoms with Crippen LogP contribution in [0.2, 0.25) is 0 Å². The number of carboxylic acids is 4. The van der Waals surface area contributed by atoms with Gasteiger partial charge >= 0.3 is 25.7 Å². The molecule has 1 heterocycles. The number of aliphatic carboxylic acids is 4. The summed E-state index contributed by atoms with van der Waals surface area (Å²) in [6.07, 6.45) is 33.9. The number of unbranched alkanes of at least 4 members (excludes halogenated alkanes) is 28. The van der Waals surface area contributed by atoms with E-state index in [2.05, 4.69) is 19.2 Å². The molecule has 3 N–H and O–H groups in total. The van der Waals surface area contributed by atoms with Gasteiger partial charge in [0, 0.05) is 97.3 Å². The molecule has 1 saturated heterocycles. The number of rotatable bonds is 53. The fourth-order valence-electron chi connectivity index (χ4n) is 10.2. The Kier molecular flexibility index (Phi) is 47.9. The molecule has 484 valence electrons. The summed E-state index contributed by atoms with van der Waals surface area (Å²) in [6, 6.07) is -1.39. The third-order valence-corrected chi connectivity index (χ3v) is 16.1. The van der Waals surface area contributed by atoms with Crippen molar-refractivity contribution in [3.63, 3.8) is 0 Å². The first-order valence-electron chi connectivity index (χ1n) is 31.9. The molecule has 3 unspecified atom stereocenters. The molecule has 0 aromatic carbocycles. The van der Waals surface area contributed by atoms with Gasteiger partial charge in [-0.2, -0.15) is 0 Å². The molecule has 83 heavy (non-hydrogen) atoms. The molecule has 1 rings (SSSR count). The number of phosphoric ester groups is 1. The number of phosphoric acid groups is 1. The highest BCUT2D eigenvalue weighted by molar-refractivity contribution is 7.47. The summed E-state index contributed by atoms with van der Waals surface area (Å²) >= 11 is 0. The minimum atomic E-state index is -4.81. The van der Waals surface area contributed by atoms with Gasteiger partial charge in [0.1, 0.15) is 6.61 Å². The lowest BCUT2D eigenvalue weighted by atomic mass is 10.0. The number of carbonyl (C=O) groups is 7. The quantitative estimate of drug-likeness (QED) is 0.0362. The SMILES string of the molecule is CCCCCCCCCCCCCCCCCC(=O)OCC(COP(=O)(O)OCCNC(=O)CCC(C(=O)[O-])N1CCN(CC(=O)[O-])CCN(CC(=O)O)CCN(CC(=O)[O-])CC1)OC(=O)CCCCCCCCCCCCCCCCC. The standard InChI is InChI=1S/C60H112N5O17P/c1-3-5-7-9-11-13-15-17-19-21-23-25-27-29-31-33-58(73)79-50-52(82-59(74)34-32-30-28-26-24-22-20-18-16-14-12-10-8-6-4-2)51-81-83(77,78)80-46-37-61-54(66)36-35-53(60(75)76)65-44-42-63(48-56(69)70)40-38-62(47-55(67)68)39-41-64(43-45-65)49-57(71)72/h52-53H,3-51H2,1-2H3,(H,61,66)(H,67,68)(H,69,70)(H,71,72)(H,75,76)(H,77,78)/p-3. The second kappa shape index (κ2) is 51.5. The van der Waals surface area contributed by atoms with Gasteiger partial charge in [-0.25, -0.2) is 4.57 Å². The van der Waals surface area contributed by atoms with E-state index in [0.29, 0.717) is 12.8 Å². The van der Waals surface area contributed by atoms with Gasteiger partial charge in [-0.15, -0.1) is 0 Å². The maximum Gasteiger partial charge on any atom is 0.472 e. The summed E-state index contributed by atoms with van der Waals surface area (Å²) in [7, 11) is -4.81. The molecule has 23 heteroatoms. The van der Waals surface area contributed by atoms with Crippen LogP contribution in [0.5, 0.6) is 0 Å². The normalized spacial score (nSPS) is 15.8. The highest BCUT2D eigenvalue weighted by atomic mass is 31.2. The van der Waals surface area contributed by atoms with Gasteiger partial charge in [-0.05, 0) is 19.3 Å². The maximum atomic E-state index is 13.0. The highest BCUT2D eigenvalue weighted by Crippen LogP contribution is 2.43. The van der Waals surface area contributed by atoms with Crippen LogP contribution in [-0.4, -0.2) is 182 Å². The third-order valence-electron chi connectivity index (χ3n) is 15.1. The third kappa shape index (κ3) is 47.1. The van der Waals surface area contributed by atoms with Crippen LogP contribution >= 0.6 is 7.82 Å². The highest BCUT2D eigenvalue weighted by Gasteiger charge is 2.28. The largest absolute Gasteiger partial charge is 0.549 e. The second-order valence-electron chi connectivity index (χ2n) is 22.5. The Bertz CT molecular complexity index is 1750. The van der Waals surface area contributed by atoms with Crippen molar-refractivity contribution in [2.45, 2.75) is 244 Å². The lowest BCUT2D eigenvalue weighted by Crippen LogP contribution is -2.55. The number of esters is 2. The predicted molar refractivity (Wildman–Crippen MR) is 311 cm³/mol. The molecular formula is C60H109N5O17P-3. The molecule has 0 aliphatic carbocycles. The van der Waals surface area contributed by atoms with Gasteiger partial charge in [0.05, 0.1) is 37.7 Å². The van der Waals surface area contributed by atoms with Crippen molar-refractivity contribution in [1.29, 1.82) is 0 Å². The van der Waals surface area contributed by atoms with E-state index in [1.807, 2.05) is 0 Å². The minimum Gasteiger partial charge on any atom is -0.549 e. The molecule has 1 aliphatic heterocycles. The number of amides is 1. The topological polar surface area (TPSA) is 308 Å². The summed E-state index contributed by atoms with van der Waals surface area (Å²) in [6.45, 7) is 1.47. The van der Waals surface area contributed by atoms with E-state index < -0.39 is 94.6 Å². The van der Waals surface area contributed by atoms with Crippen molar-refractivity contribution < 1.29 is 82.0 Å². The lowest BCUT2D eigenvalue weighted by Gasteiger charge is -2.37. The molecule has 1 aliphatic rings. The van der Waals surface area contributed by atoms with Crippen LogP contribution < -0.4 is 20.6 Å². The molecule has 0 aromatic heterocycles. The molecule has 0 aromatic rings. The molecule has 0 spiro atoms. The molecular weight excluding hydrogens is 1090 g/mol. The van der Waals surface area contributed by atoms with Crippen LogP contribution in [0.15, 0.2) is 0 Å². The van der Waals surface area contributed by atoms with E-state index in [0.717, 1.165) is 44.9 Å². The average molecular weight is 1200 g/mol. The molecule has 1 amide bonds. The molecule has 0 bridgehead atoms. The number of ether oxygens (including phenoxy) is 2. The van der Waals surface area contributed by atoms with E-state index in [1.165, 1.54) is 154 Å². The Labute approximate surface area is 497 Å². The Balaban J connectivity index is 2.72. The van der Waals surface area contributed by atoms with Crippen LogP contribution in [0.1, 0.15) is 232 Å². The number of nitrogens with one attached hydrogen (secondary N) is 1. The first kappa shape index (κ1) is 77.3. The van der Waals surface area contributed by atoms with Crippen LogP contribution in [-0.2, 0) is 56.6 Å². The summed E-state index contributed by atoms with van der Waals surface area (Å²) in [5, 5.41) is 47.6. The zero-order chi connectivity index (χ0) is 61.2. The lowest BCUT2D eigenvalue weighted by molar-refractivity contribution is -0.313. The molecule has 0 radical (unpaired) electrons. The summed E-state index contributed by atoms with van der Waals surface area (Å²) < 4.78 is 34.3. The van der Waals surface area contributed by atoms with Crippen molar-refractivity contribution in [2.75, 3.05) is 98.4 Å². The van der Waals surface area contributed by atoms with Crippen molar-refractivity contribution in [1.82, 2.24) is 24.9 Å². The van der Waals surface area contributed by atoms with Gasteiger partial charge < -0.3 is 54.5 Å². The minimum absolute atomic E-state index is 0.000536. The second-order valence-corrected chi connectivity index (χ2v) is 24.0. The fourth-order valence-corrected chi connectivity index (χ4v) is 10.9. The van der Waals surface area contributed by atoms with Crippen LogP contribution in [0.4, 0.5) is 0 Å². The van der Waals surface area contributed by atoms with Crippen molar-refractivity contribution in [3.8, 4) is 0 Å². The van der Waals surface area contributed by atoms with Gasteiger partial charge in [0.25, 0.3) is 0 Å². The Morgan fingerprint density at radius 2 is 0.867 bits per heavy atom. The monoisotopic (exact) mass is 1200 g/mol. The van der Waals surface area contributed by atoms with Crippen molar-refractivity contribution in [2.24, 2.45) is 0 Å². The zero-order valence-electron chi connectivity index (χ0n) is 51.1. The van der Waals surface area contributed by atoms with E-state index in [1.54, 1.807) is 0 Å². The van der Waals surface area contributed by atoms with E-state index in [-0.39, 0.29) is 91.1 Å². The molecule has 3 atom stereocenters. The smallest absolute Gasteiger partial charge is 0.472 e. The van der Waals surface area contributed by atoms with Gasteiger partial charge in [0.15, 0.2) is 6.10 Å². The van der Waals surface area contributed by atoms with E-state index >= 15 is 0 Å². The van der Waals surface area contributed by atoms with E-state index in [9.17, 15) is 63.4 Å². The van der Waals surface area contributed by atoms with Crippen molar-refractivity contribution in [3.05, 3.63) is 0 Å². The van der Waals surface area contributed by atoms with Gasteiger partial charge in [-0.3, -0.25) is 47.8 Å². The first-order valence-corrected chi connectivity index (χ1v) is 33.4. The van der Waals surface area contributed by atoms with Crippen LogP contribution in [0, 0.1) is 0 Å². The Morgan fingerprint density at radius 3 is 1.25 bits per heavy atom. The van der Waals surface area contributed by atoms with E-state index in [4.69, 9.17) is 18.5 Å². The maximum absolute atomic E-state index is 13.0. The fraction of sp³-hybridized carbons (Fsp3) is 0.883. The number of carbonyl (C=O) groups excluding carboxylic acids is 6. The van der Waals surface area contributed by atoms with Crippen LogP contribution in [0.25, 0.3) is 0 Å². The number of hydrogen-bond acceptors (Lipinski definition) is 19. The van der Waals surface area contributed by atoms with Gasteiger partial charge in [-0.1, -0.05) is 194 Å². The summed E-state index contributed by atoms with van der Waals surface area (Å²) in [5.41, 5.74) is 0. The van der Waals surface area contributed by atoms with Crippen molar-refractivity contribution >= 4 is 49.5 Å². The zero-order valence-corrected chi connectivity index (χ0v) is 52.0. The first-order chi connectivity index (χ1) is 39.9. The summed E-state index contributed by atoms with van der Waals surface area (Å²) in [4.78, 5) is 102. The number of carboxylic acid groups (broad SMARTS) is 4. The molecule has 1 fully saturated rings. The number of nitrogens with zero attached hydrogens (tertiary/aromatic N) is 4. The Hall–Kier alpha value is -3.76. The predicted octanol–water partition coefficient (Wildman–Crippen LogP) is 5.92. The van der Waals surface area contributed by atoms with Crippen LogP contribution in [0.3, 0.4) is 0 Å². The summed E-state index contributed by atoms with van der Waals surface area (Å²) in [5.74, 6) is -7.17. The molecule has 22 nitrogen and oxygen atoms in total. The Morgan fingerprint density at radius 1 is 0.494 bits per heavy atom. The number of hydrogen-bond donors (Lipinski definition) is 3.